The van der Waals surface area contributed by atoms with Crippen LogP contribution in [0.4, 0.5) is 0 Å². The van der Waals surface area contributed by atoms with Gasteiger partial charge in [0.15, 0.2) is 0 Å². The summed E-state index contributed by atoms with van der Waals surface area (Å²) in [6.45, 7) is 3.73. The van der Waals surface area contributed by atoms with Crippen molar-refractivity contribution in [1.82, 2.24) is 5.32 Å². The molecule has 0 saturated carbocycles. The summed E-state index contributed by atoms with van der Waals surface area (Å²) in [6.07, 6.45) is -2.37. The van der Waals surface area contributed by atoms with E-state index >= 15 is 0 Å². The summed E-state index contributed by atoms with van der Waals surface area (Å²) in [7, 11) is 0. The van der Waals surface area contributed by atoms with Crippen molar-refractivity contribution in [3.05, 3.63) is 54.1 Å². The van der Waals surface area contributed by atoms with Crippen molar-refractivity contribution < 1.29 is 60.7 Å². The highest BCUT2D eigenvalue weighted by Gasteiger charge is 2.21. The number of carbonyl (C=O) groups is 2. The van der Waals surface area contributed by atoms with Gasteiger partial charge in [-0.3, -0.25) is 9.59 Å². The predicted molar refractivity (Wildman–Crippen MR) is 191 cm³/mol. The average molecular weight is 727 g/mol. The van der Waals surface area contributed by atoms with Gasteiger partial charge in [-0.1, -0.05) is 50.3 Å². The van der Waals surface area contributed by atoms with Gasteiger partial charge in [-0.2, -0.15) is 0 Å². The molecule has 0 saturated heterocycles. The number of Topliss-reactive ketones (excluding diaryl/α,β-unsaturated/α-hetero) is 1. The number of hydrogen-bond acceptors (Lipinski definition) is 13. The van der Waals surface area contributed by atoms with Crippen LogP contribution in [0.5, 0.6) is 5.75 Å². The molecule has 51 heavy (non-hydrogen) atoms. The molecule has 0 heterocycles. The monoisotopic (exact) mass is 726 g/mol. The summed E-state index contributed by atoms with van der Waals surface area (Å²) in [6, 6.07) is 5.11. The van der Waals surface area contributed by atoms with Gasteiger partial charge < -0.3 is 62.1 Å². The highest BCUT2D eigenvalue weighted by molar-refractivity contribution is 5.83. The van der Waals surface area contributed by atoms with Gasteiger partial charge in [-0.05, 0) is 69.1 Å². The van der Waals surface area contributed by atoms with Crippen LogP contribution in [0.1, 0.15) is 96.1 Å². The number of aliphatic hydroxyl groups excluding tert-OH is 9. The fraction of sp³-hybridized carbons (Fsp3) is 0.676. The standard InChI is InChI=1S/C37H62N2O12/c1-23(2)35(50)22-34(49)21-33(48)19-29(44)9-4-8-28(43)18-32(47)20-31(46)17-27(42)7-3-6-26(41)16-30(45)10-5-15-39-37(51)36(38)24-11-13-25(40)14-12-24/h3-4,7,9,11-14,23,26-34,36,40-49H,5-6,8,10,15-22,38H2,1-2H3,(H,39,51)/b7-3+,9-4+. The van der Waals surface area contributed by atoms with E-state index in [-0.39, 0.29) is 87.7 Å². The lowest BCUT2D eigenvalue weighted by Gasteiger charge is -2.19. The van der Waals surface area contributed by atoms with Crippen LogP contribution < -0.4 is 11.1 Å². The Hall–Kier alpha value is -2.76. The number of benzene rings is 1. The van der Waals surface area contributed by atoms with E-state index in [1.807, 2.05) is 0 Å². The number of nitrogens with two attached hydrogens (primary N) is 1. The van der Waals surface area contributed by atoms with Crippen molar-refractivity contribution in [3.63, 3.8) is 0 Å². The van der Waals surface area contributed by atoms with E-state index in [9.17, 15) is 60.7 Å². The van der Waals surface area contributed by atoms with Gasteiger partial charge in [-0.15, -0.1) is 0 Å². The average Bonchev–Trinajstić information content (AvgIpc) is 3.02. The van der Waals surface area contributed by atoms with Crippen LogP contribution in [0.3, 0.4) is 0 Å². The second-order valence-electron chi connectivity index (χ2n) is 13.8. The number of rotatable bonds is 27. The largest absolute Gasteiger partial charge is 0.508 e. The highest BCUT2D eigenvalue weighted by atomic mass is 16.3. The highest BCUT2D eigenvalue weighted by Crippen LogP contribution is 2.17. The minimum absolute atomic E-state index is 0.0516. The van der Waals surface area contributed by atoms with Crippen LogP contribution in [0.15, 0.2) is 48.6 Å². The fourth-order valence-corrected chi connectivity index (χ4v) is 5.40. The lowest BCUT2D eigenvalue weighted by Crippen LogP contribution is -2.35. The molecule has 0 aliphatic rings. The molecule has 0 spiro atoms. The van der Waals surface area contributed by atoms with E-state index in [4.69, 9.17) is 5.73 Å². The van der Waals surface area contributed by atoms with E-state index in [0.29, 0.717) is 18.4 Å². The second kappa shape index (κ2) is 25.3. The third-order valence-electron chi connectivity index (χ3n) is 8.37. The number of nitrogens with one attached hydrogen (secondary N) is 1. The molecule has 10 atom stereocenters. The number of ketones is 1. The Bertz CT molecular complexity index is 1160. The molecule has 0 aliphatic carbocycles. The van der Waals surface area contributed by atoms with Crippen LogP contribution in [0.2, 0.25) is 0 Å². The summed E-state index contributed by atoms with van der Waals surface area (Å²) in [5.74, 6) is -0.650. The lowest BCUT2D eigenvalue weighted by molar-refractivity contribution is -0.124. The molecule has 1 rings (SSSR count). The van der Waals surface area contributed by atoms with Gasteiger partial charge >= 0.3 is 0 Å². The van der Waals surface area contributed by atoms with Gasteiger partial charge in [-0.25, -0.2) is 0 Å². The third kappa shape index (κ3) is 22.0. The normalized spacial score (nSPS) is 18.2. The first-order valence-corrected chi connectivity index (χ1v) is 17.8. The van der Waals surface area contributed by atoms with E-state index in [2.05, 4.69) is 5.32 Å². The van der Waals surface area contributed by atoms with Crippen LogP contribution in [0.25, 0.3) is 0 Å². The Kier molecular flexibility index (Phi) is 22.9. The predicted octanol–water partition coefficient (Wildman–Crippen LogP) is 0.385. The van der Waals surface area contributed by atoms with E-state index < -0.39 is 61.0 Å². The van der Waals surface area contributed by atoms with E-state index in [1.54, 1.807) is 26.0 Å². The number of hydrogen-bond donors (Lipinski definition) is 12. The van der Waals surface area contributed by atoms with Crippen molar-refractivity contribution in [3.8, 4) is 5.75 Å². The first-order chi connectivity index (χ1) is 24.0. The molecule has 0 aliphatic heterocycles. The van der Waals surface area contributed by atoms with Crippen LogP contribution >= 0.6 is 0 Å². The minimum atomic E-state index is -1.07. The molecule has 0 bridgehead atoms. The molecule has 0 fully saturated rings. The Morgan fingerprint density at radius 1 is 0.667 bits per heavy atom. The van der Waals surface area contributed by atoms with E-state index in [0.717, 1.165) is 0 Å². The molecule has 0 radical (unpaired) electrons. The molecule has 13 N–H and O–H groups in total. The SMILES string of the molecule is CC(C)C(=O)CC(O)CC(O)CC(O)/C=C/CC(O)CC(O)CC(O)CC(O)/C=C/CC(O)CC(O)CCCNC(=O)C(N)c1ccc(O)cc1. The van der Waals surface area contributed by atoms with Crippen molar-refractivity contribution >= 4 is 11.7 Å². The van der Waals surface area contributed by atoms with Gasteiger partial charge in [0, 0.05) is 31.7 Å². The number of carbonyl (C=O) groups excluding carboxylic acids is 2. The topological polar surface area (TPSA) is 274 Å². The summed E-state index contributed by atoms with van der Waals surface area (Å²) in [5.41, 5.74) is 6.48. The summed E-state index contributed by atoms with van der Waals surface area (Å²) in [4.78, 5) is 23.9. The molecule has 0 aromatic heterocycles. The molecule has 1 amide bonds. The van der Waals surface area contributed by atoms with Gasteiger partial charge in [0.2, 0.25) is 5.91 Å². The molecule has 1 aromatic carbocycles. The van der Waals surface area contributed by atoms with Crippen LogP contribution in [-0.4, -0.2) is 124 Å². The van der Waals surface area contributed by atoms with Crippen molar-refractivity contribution in [2.75, 3.05) is 6.54 Å². The Balaban J connectivity index is 2.24. The maximum Gasteiger partial charge on any atom is 0.241 e. The molecule has 1 aromatic rings. The minimum Gasteiger partial charge on any atom is -0.508 e. The van der Waals surface area contributed by atoms with E-state index in [1.165, 1.54) is 36.4 Å². The van der Waals surface area contributed by atoms with Crippen molar-refractivity contribution in [2.45, 2.75) is 145 Å². The zero-order chi connectivity index (χ0) is 38.5. The fourth-order valence-electron chi connectivity index (χ4n) is 5.40. The first kappa shape index (κ1) is 46.3. The molecular weight excluding hydrogens is 664 g/mol. The number of amides is 1. The molecule has 14 heteroatoms. The molecule has 292 valence electrons. The smallest absolute Gasteiger partial charge is 0.241 e. The molecular formula is C37H62N2O12. The molecule has 14 nitrogen and oxygen atoms in total. The zero-order valence-electron chi connectivity index (χ0n) is 29.8. The zero-order valence-corrected chi connectivity index (χ0v) is 29.8. The van der Waals surface area contributed by atoms with Crippen molar-refractivity contribution in [1.29, 1.82) is 0 Å². The number of aliphatic hydroxyl groups is 9. The Labute approximate surface area is 301 Å². The van der Waals surface area contributed by atoms with Crippen molar-refractivity contribution in [2.24, 2.45) is 11.7 Å². The Morgan fingerprint density at radius 2 is 1.12 bits per heavy atom. The summed E-state index contributed by atoms with van der Waals surface area (Å²) < 4.78 is 0. The van der Waals surface area contributed by atoms with Crippen LogP contribution in [0, 0.1) is 5.92 Å². The quantitative estimate of drug-likeness (QED) is 0.0432. The van der Waals surface area contributed by atoms with Crippen LogP contribution in [-0.2, 0) is 9.59 Å². The van der Waals surface area contributed by atoms with Gasteiger partial charge in [0.1, 0.15) is 17.6 Å². The van der Waals surface area contributed by atoms with Gasteiger partial charge in [0.25, 0.3) is 0 Å². The number of aromatic hydroxyl groups is 1. The maximum atomic E-state index is 12.2. The maximum absolute atomic E-state index is 12.2. The van der Waals surface area contributed by atoms with Gasteiger partial charge in [0.05, 0.1) is 54.9 Å². The number of phenols is 1. The second-order valence-corrected chi connectivity index (χ2v) is 13.8. The first-order valence-electron chi connectivity index (χ1n) is 17.8. The number of phenolic OH excluding ortho intramolecular Hbond substituents is 1. The Morgan fingerprint density at radius 3 is 1.63 bits per heavy atom. The lowest BCUT2D eigenvalue weighted by atomic mass is 9.97. The third-order valence-corrected chi connectivity index (χ3v) is 8.37. The molecule has 10 unspecified atom stereocenters. The summed E-state index contributed by atoms with van der Waals surface area (Å²) >= 11 is 0. The summed E-state index contributed by atoms with van der Waals surface area (Å²) in [5, 5.41) is 104.